The van der Waals surface area contributed by atoms with Gasteiger partial charge in [-0.3, -0.25) is 4.84 Å². The smallest absolute Gasteiger partial charge is 0.215 e. The van der Waals surface area contributed by atoms with E-state index in [0.29, 0.717) is 6.54 Å². The van der Waals surface area contributed by atoms with Gasteiger partial charge in [0, 0.05) is 6.42 Å². The van der Waals surface area contributed by atoms with Gasteiger partial charge < -0.3 is 4.53 Å². The lowest BCUT2D eigenvalue weighted by molar-refractivity contribution is -0.301. The molecule has 0 aliphatic carbocycles. The van der Waals surface area contributed by atoms with Crippen LogP contribution in [0.4, 0.5) is 0 Å². The lowest BCUT2D eigenvalue weighted by atomic mass is 10.3. The molecule has 5 heteroatoms. The fourth-order valence-electron chi connectivity index (χ4n) is 0.931. The minimum Gasteiger partial charge on any atom is -0.321 e. The second kappa shape index (κ2) is 3.54. The summed E-state index contributed by atoms with van der Waals surface area (Å²) in [4.78, 5) is 5.17. The Balaban J connectivity index is 2.34. The first-order valence-corrected chi connectivity index (χ1v) is 7.45. The van der Waals surface area contributed by atoms with Crippen molar-refractivity contribution in [3.05, 3.63) is 0 Å². The van der Waals surface area contributed by atoms with Crippen molar-refractivity contribution in [2.24, 2.45) is 0 Å². The van der Waals surface area contributed by atoms with E-state index in [2.05, 4.69) is 25.7 Å². The number of rotatable bonds is 2. The molecule has 0 N–H and O–H groups in total. The van der Waals surface area contributed by atoms with Crippen LogP contribution in [0.2, 0.25) is 19.6 Å². The highest BCUT2D eigenvalue weighted by Gasteiger charge is 2.28. The minimum atomic E-state index is -1.57. The molecule has 1 fully saturated rings. The van der Waals surface area contributed by atoms with E-state index in [0.717, 1.165) is 6.42 Å². The second-order valence-corrected chi connectivity index (χ2v) is 8.18. The van der Waals surface area contributed by atoms with Crippen molar-refractivity contribution in [2.45, 2.75) is 32.2 Å². The molecule has 0 amide bonds. The van der Waals surface area contributed by atoms with Gasteiger partial charge in [-0.1, -0.05) is 5.23 Å². The van der Waals surface area contributed by atoms with E-state index < -0.39 is 8.32 Å². The van der Waals surface area contributed by atoms with E-state index in [1.165, 1.54) is 5.23 Å². The van der Waals surface area contributed by atoms with Crippen LogP contribution in [-0.2, 0) is 9.36 Å². The molecule has 0 bridgehead atoms. The fraction of sp³-hybridized carbons (Fsp3) is 0.857. The Kier molecular flexibility index (Phi) is 2.85. The highest BCUT2D eigenvalue weighted by atomic mass is 28.4. The first-order valence-electron chi connectivity index (χ1n) is 4.04. The summed E-state index contributed by atoms with van der Waals surface area (Å²) >= 11 is 0. The molecule has 1 atom stereocenters. The van der Waals surface area contributed by atoms with Gasteiger partial charge in [0.2, 0.25) is 8.32 Å². The van der Waals surface area contributed by atoms with Crippen LogP contribution >= 0.6 is 0 Å². The van der Waals surface area contributed by atoms with Crippen molar-refractivity contribution in [3.8, 4) is 6.07 Å². The molecule has 0 aromatic heterocycles. The molecule has 68 valence electrons. The molecule has 12 heavy (non-hydrogen) atoms. The summed E-state index contributed by atoms with van der Waals surface area (Å²) in [5, 5.41) is 9.99. The number of hydrogen-bond acceptors (Lipinski definition) is 4. The Morgan fingerprint density at radius 2 is 2.25 bits per heavy atom. The summed E-state index contributed by atoms with van der Waals surface area (Å²) in [6, 6.07) is 2.05. The SMILES string of the molecule is C[Si](C)(C)ON1CCC(C#N)O1. The maximum absolute atomic E-state index is 8.54. The number of nitrogens with zero attached hydrogens (tertiary/aromatic N) is 2. The zero-order valence-corrected chi connectivity index (χ0v) is 8.70. The Hall–Kier alpha value is -0.413. The van der Waals surface area contributed by atoms with Crippen LogP contribution in [0, 0.1) is 11.3 Å². The van der Waals surface area contributed by atoms with Crippen molar-refractivity contribution in [1.82, 2.24) is 5.23 Å². The lowest BCUT2D eigenvalue weighted by Gasteiger charge is -2.23. The van der Waals surface area contributed by atoms with Crippen LogP contribution in [-0.4, -0.2) is 26.2 Å². The summed E-state index contributed by atoms with van der Waals surface area (Å²) < 4.78 is 5.53. The molecule has 1 heterocycles. The van der Waals surface area contributed by atoms with Crippen LogP contribution in [0.25, 0.3) is 0 Å². The van der Waals surface area contributed by atoms with Crippen molar-refractivity contribution >= 4 is 8.32 Å². The molecule has 1 unspecified atom stereocenters. The number of nitriles is 1. The topological polar surface area (TPSA) is 45.5 Å². The zero-order chi connectivity index (χ0) is 9.19. The summed E-state index contributed by atoms with van der Waals surface area (Å²) in [6.45, 7) is 6.94. The second-order valence-electron chi connectivity index (χ2n) is 3.77. The third-order valence-electron chi connectivity index (χ3n) is 1.34. The van der Waals surface area contributed by atoms with Crippen molar-refractivity contribution in [2.75, 3.05) is 6.54 Å². The Bertz CT molecular complexity index is 197. The molecule has 0 aromatic rings. The quantitative estimate of drug-likeness (QED) is 0.609. The monoisotopic (exact) mass is 186 g/mol. The predicted molar refractivity (Wildman–Crippen MR) is 46.2 cm³/mol. The van der Waals surface area contributed by atoms with E-state index in [9.17, 15) is 0 Å². The molecular weight excluding hydrogens is 172 g/mol. The van der Waals surface area contributed by atoms with Gasteiger partial charge in [-0.15, -0.1) is 0 Å². The first kappa shape index (κ1) is 9.67. The third-order valence-corrected chi connectivity index (χ3v) is 2.09. The molecule has 4 nitrogen and oxygen atoms in total. The van der Waals surface area contributed by atoms with Crippen LogP contribution in [0.5, 0.6) is 0 Å². The van der Waals surface area contributed by atoms with Gasteiger partial charge in [0.15, 0.2) is 6.10 Å². The third kappa shape index (κ3) is 2.91. The van der Waals surface area contributed by atoms with Crippen molar-refractivity contribution < 1.29 is 9.36 Å². The molecular formula is C7H14N2O2Si. The normalized spacial score (nSPS) is 25.7. The first-order chi connectivity index (χ1) is 5.51. The van der Waals surface area contributed by atoms with Gasteiger partial charge in [0.25, 0.3) is 0 Å². The molecule has 0 saturated carbocycles. The van der Waals surface area contributed by atoms with Crippen molar-refractivity contribution in [3.63, 3.8) is 0 Å². The molecule has 0 radical (unpaired) electrons. The van der Waals surface area contributed by atoms with E-state index in [1.54, 1.807) is 0 Å². The van der Waals surface area contributed by atoms with E-state index in [-0.39, 0.29) is 6.10 Å². The Morgan fingerprint density at radius 3 is 2.67 bits per heavy atom. The molecule has 1 aliphatic heterocycles. The Labute approximate surface area is 73.7 Å². The summed E-state index contributed by atoms with van der Waals surface area (Å²) in [5.74, 6) is 0. The van der Waals surface area contributed by atoms with Crippen LogP contribution < -0.4 is 0 Å². The van der Waals surface area contributed by atoms with Gasteiger partial charge in [-0.05, 0) is 19.6 Å². The molecule has 0 aromatic carbocycles. The highest BCUT2D eigenvalue weighted by molar-refractivity contribution is 6.69. The fourth-order valence-corrected chi connectivity index (χ4v) is 1.68. The van der Waals surface area contributed by atoms with E-state index in [4.69, 9.17) is 14.6 Å². The molecule has 1 saturated heterocycles. The van der Waals surface area contributed by atoms with Gasteiger partial charge in [0.05, 0.1) is 12.6 Å². The van der Waals surface area contributed by atoms with Crippen LogP contribution in [0.1, 0.15) is 6.42 Å². The lowest BCUT2D eigenvalue weighted by Crippen LogP contribution is -2.35. The van der Waals surface area contributed by atoms with E-state index >= 15 is 0 Å². The Morgan fingerprint density at radius 1 is 1.58 bits per heavy atom. The van der Waals surface area contributed by atoms with Crippen molar-refractivity contribution in [1.29, 1.82) is 5.26 Å². The standard InChI is InChI=1S/C7H14N2O2Si/c1-12(2,3)11-9-5-4-7(6-8)10-9/h7H,4-5H2,1-3H3. The number of hydrogen-bond donors (Lipinski definition) is 0. The average Bonchev–Trinajstić information content (AvgIpc) is 2.32. The maximum atomic E-state index is 8.54. The van der Waals surface area contributed by atoms with E-state index in [1.807, 2.05) is 0 Å². The minimum absolute atomic E-state index is 0.318. The van der Waals surface area contributed by atoms with Gasteiger partial charge in [-0.25, -0.2) is 0 Å². The zero-order valence-electron chi connectivity index (χ0n) is 7.70. The molecule has 1 aliphatic rings. The average molecular weight is 186 g/mol. The maximum Gasteiger partial charge on any atom is 0.215 e. The van der Waals surface area contributed by atoms with Gasteiger partial charge >= 0.3 is 0 Å². The summed E-state index contributed by atoms with van der Waals surface area (Å²) in [6.07, 6.45) is 0.419. The summed E-state index contributed by atoms with van der Waals surface area (Å²) in [5.41, 5.74) is 0. The molecule has 0 spiro atoms. The predicted octanol–water partition coefficient (Wildman–Crippen LogP) is 1.28. The van der Waals surface area contributed by atoms with Gasteiger partial charge in [0.1, 0.15) is 0 Å². The van der Waals surface area contributed by atoms with Crippen LogP contribution in [0.3, 0.4) is 0 Å². The van der Waals surface area contributed by atoms with Gasteiger partial charge in [-0.2, -0.15) is 5.26 Å². The largest absolute Gasteiger partial charge is 0.321 e. The van der Waals surface area contributed by atoms with Crippen LogP contribution in [0.15, 0.2) is 0 Å². The highest BCUT2D eigenvalue weighted by Crippen LogP contribution is 2.16. The molecule has 1 rings (SSSR count). The summed E-state index contributed by atoms with van der Waals surface area (Å²) in [7, 11) is -1.57. The number of hydroxylamine groups is 2.